The Morgan fingerprint density at radius 3 is 2.00 bits per heavy atom. The van der Waals surface area contributed by atoms with Gasteiger partial charge in [0.15, 0.2) is 0 Å². The molecule has 0 aliphatic carbocycles. The van der Waals surface area contributed by atoms with Gasteiger partial charge in [-0.05, 0) is 42.8 Å². The van der Waals surface area contributed by atoms with E-state index in [2.05, 4.69) is 0 Å². The molecule has 0 bridgehead atoms. The largest absolute Gasteiger partial charge is 0.497 e. The van der Waals surface area contributed by atoms with Crippen LogP contribution in [0.4, 0.5) is 5.69 Å². The molecule has 2 saturated heterocycles. The van der Waals surface area contributed by atoms with Crippen molar-refractivity contribution in [1.29, 1.82) is 0 Å². The molecule has 0 N–H and O–H groups in total. The Morgan fingerprint density at radius 2 is 1.45 bits per heavy atom. The summed E-state index contributed by atoms with van der Waals surface area (Å²) < 4.78 is 36.1. The number of hydrogen-bond donors (Lipinski definition) is 0. The Hall–Kier alpha value is -3.27. The normalized spacial score (nSPS) is 17.7. The standard InChI is InChI=1S/C23H27N3O6S/c1-31-19-8-9-20(21(16-19)32-2)23(28)25-13-11-24(12-14-25)22(27)17-4-6-18(7-5-17)26-10-3-15-33(26,29)30/h4-9,16H,3,10-15H2,1-2H3. The van der Waals surface area contributed by atoms with Crippen LogP contribution in [0, 0.1) is 0 Å². The molecule has 2 aliphatic heterocycles. The second kappa shape index (κ2) is 9.30. The lowest BCUT2D eigenvalue weighted by Gasteiger charge is -2.35. The molecule has 4 rings (SSSR count). The van der Waals surface area contributed by atoms with Gasteiger partial charge in [-0.2, -0.15) is 0 Å². The van der Waals surface area contributed by atoms with Crippen LogP contribution < -0.4 is 13.8 Å². The highest BCUT2D eigenvalue weighted by molar-refractivity contribution is 7.93. The molecule has 0 unspecified atom stereocenters. The van der Waals surface area contributed by atoms with Crippen molar-refractivity contribution in [1.82, 2.24) is 9.80 Å². The minimum Gasteiger partial charge on any atom is -0.497 e. The number of nitrogens with zero attached hydrogens (tertiary/aromatic N) is 3. The summed E-state index contributed by atoms with van der Waals surface area (Å²) in [5.74, 6) is 0.905. The Morgan fingerprint density at radius 1 is 0.818 bits per heavy atom. The summed E-state index contributed by atoms with van der Waals surface area (Å²) >= 11 is 0. The summed E-state index contributed by atoms with van der Waals surface area (Å²) in [5.41, 5.74) is 1.52. The molecule has 9 nitrogen and oxygen atoms in total. The van der Waals surface area contributed by atoms with E-state index in [1.807, 2.05) is 0 Å². The molecular formula is C23H27N3O6S. The second-order valence-electron chi connectivity index (χ2n) is 7.94. The van der Waals surface area contributed by atoms with Crippen LogP contribution in [0.1, 0.15) is 27.1 Å². The topological polar surface area (TPSA) is 96.5 Å². The highest BCUT2D eigenvalue weighted by Crippen LogP contribution is 2.27. The van der Waals surface area contributed by atoms with E-state index in [9.17, 15) is 18.0 Å². The van der Waals surface area contributed by atoms with Gasteiger partial charge >= 0.3 is 0 Å². The number of sulfonamides is 1. The van der Waals surface area contributed by atoms with Gasteiger partial charge in [-0.1, -0.05) is 0 Å². The molecule has 0 radical (unpaired) electrons. The maximum absolute atomic E-state index is 13.0. The summed E-state index contributed by atoms with van der Waals surface area (Å²) in [4.78, 5) is 29.3. The SMILES string of the molecule is COc1ccc(C(=O)N2CCN(C(=O)c3ccc(N4CCCS4(=O)=O)cc3)CC2)c(OC)c1. The molecule has 2 aromatic rings. The number of benzene rings is 2. The van der Waals surface area contributed by atoms with Crippen LogP contribution in [0.25, 0.3) is 0 Å². The van der Waals surface area contributed by atoms with Crippen molar-refractivity contribution >= 4 is 27.5 Å². The molecule has 2 amide bonds. The molecule has 0 atom stereocenters. The summed E-state index contributed by atoms with van der Waals surface area (Å²) in [5, 5.41) is 0. The van der Waals surface area contributed by atoms with E-state index < -0.39 is 10.0 Å². The highest BCUT2D eigenvalue weighted by atomic mass is 32.2. The van der Waals surface area contributed by atoms with E-state index >= 15 is 0 Å². The molecule has 2 aliphatic rings. The van der Waals surface area contributed by atoms with Crippen molar-refractivity contribution in [2.24, 2.45) is 0 Å². The third-order valence-electron chi connectivity index (χ3n) is 5.99. The molecular weight excluding hydrogens is 446 g/mol. The van der Waals surface area contributed by atoms with Gasteiger partial charge in [-0.3, -0.25) is 13.9 Å². The number of rotatable bonds is 5. The summed E-state index contributed by atoms with van der Waals surface area (Å²) in [6.07, 6.45) is 0.606. The molecule has 2 aromatic carbocycles. The van der Waals surface area contributed by atoms with Gasteiger partial charge in [0.2, 0.25) is 10.0 Å². The molecule has 176 valence electrons. The summed E-state index contributed by atoms with van der Waals surface area (Å²) in [7, 11) is -0.199. The number of ether oxygens (including phenoxy) is 2. The van der Waals surface area contributed by atoms with Crippen LogP contribution in [0.5, 0.6) is 11.5 Å². The average molecular weight is 474 g/mol. The van der Waals surface area contributed by atoms with E-state index in [0.29, 0.717) is 67.5 Å². The third kappa shape index (κ3) is 4.61. The zero-order valence-electron chi connectivity index (χ0n) is 18.7. The average Bonchev–Trinajstić information content (AvgIpc) is 3.21. The lowest BCUT2D eigenvalue weighted by atomic mass is 10.1. The molecule has 33 heavy (non-hydrogen) atoms. The first-order valence-electron chi connectivity index (χ1n) is 10.7. The van der Waals surface area contributed by atoms with Crippen molar-refractivity contribution in [2.45, 2.75) is 6.42 Å². The van der Waals surface area contributed by atoms with Crippen LogP contribution in [0.3, 0.4) is 0 Å². The summed E-state index contributed by atoms with van der Waals surface area (Å²) in [6, 6.07) is 11.7. The van der Waals surface area contributed by atoms with Crippen LogP contribution in [0.2, 0.25) is 0 Å². The van der Waals surface area contributed by atoms with Gasteiger partial charge in [0.05, 0.1) is 31.2 Å². The van der Waals surface area contributed by atoms with Crippen LogP contribution in [-0.4, -0.2) is 82.7 Å². The number of anilines is 1. The Balaban J connectivity index is 1.39. The van der Waals surface area contributed by atoms with Crippen molar-refractivity contribution in [3.05, 3.63) is 53.6 Å². The minimum atomic E-state index is -3.26. The molecule has 0 spiro atoms. The van der Waals surface area contributed by atoms with Crippen LogP contribution >= 0.6 is 0 Å². The first-order chi connectivity index (χ1) is 15.8. The maximum Gasteiger partial charge on any atom is 0.257 e. The lowest BCUT2D eigenvalue weighted by molar-refractivity contribution is 0.0533. The highest BCUT2D eigenvalue weighted by Gasteiger charge is 2.30. The smallest absolute Gasteiger partial charge is 0.257 e. The van der Waals surface area contributed by atoms with Crippen molar-refractivity contribution < 1.29 is 27.5 Å². The monoisotopic (exact) mass is 473 g/mol. The predicted molar refractivity (Wildman–Crippen MR) is 124 cm³/mol. The van der Waals surface area contributed by atoms with Crippen molar-refractivity contribution in [3.63, 3.8) is 0 Å². The number of hydrogen-bond acceptors (Lipinski definition) is 6. The van der Waals surface area contributed by atoms with Gasteiger partial charge in [0, 0.05) is 44.4 Å². The first kappa shape index (κ1) is 22.9. The van der Waals surface area contributed by atoms with Crippen LogP contribution in [0.15, 0.2) is 42.5 Å². The first-order valence-corrected chi connectivity index (χ1v) is 12.4. The van der Waals surface area contributed by atoms with E-state index in [4.69, 9.17) is 9.47 Å². The molecule has 10 heteroatoms. The quantitative estimate of drug-likeness (QED) is 0.658. The minimum absolute atomic E-state index is 0.139. The third-order valence-corrected chi connectivity index (χ3v) is 7.86. The molecule has 0 aromatic heterocycles. The number of amides is 2. The van der Waals surface area contributed by atoms with E-state index in [-0.39, 0.29) is 17.6 Å². The van der Waals surface area contributed by atoms with Gasteiger partial charge in [0.25, 0.3) is 11.8 Å². The molecule has 0 saturated carbocycles. The van der Waals surface area contributed by atoms with E-state index in [1.54, 1.807) is 59.4 Å². The van der Waals surface area contributed by atoms with E-state index in [0.717, 1.165) is 0 Å². The zero-order valence-corrected chi connectivity index (χ0v) is 19.5. The van der Waals surface area contributed by atoms with Gasteiger partial charge < -0.3 is 19.3 Å². The van der Waals surface area contributed by atoms with Gasteiger partial charge in [0.1, 0.15) is 11.5 Å². The zero-order chi connectivity index (χ0) is 23.6. The Labute approximate surface area is 193 Å². The molecule has 2 heterocycles. The fraction of sp³-hybridized carbons (Fsp3) is 0.391. The van der Waals surface area contributed by atoms with E-state index in [1.165, 1.54) is 11.4 Å². The molecule has 2 fully saturated rings. The second-order valence-corrected chi connectivity index (χ2v) is 9.95. The maximum atomic E-state index is 13.0. The lowest BCUT2D eigenvalue weighted by Crippen LogP contribution is -2.50. The number of piperazine rings is 1. The Kier molecular flexibility index (Phi) is 6.46. The summed E-state index contributed by atoms with van der Waals surface area (Å²) in [6.45, 7) is 2.09. The van der Waals surface area contributed by atoms with Crippen molar-refractivity contribution in [2.75, 3.05) is 57.0 Å². The fourth-order valence-electron chi connectivity index (χ4n) is 4.14. The predicted octanol–water partition coefficient (Wildman–Crippen LogP) is 1.84. The van der Waals surface area contributed by atoms with Gasteiger partial charge in [-0.15, -0.1) is 0 Å². The van der Waals surface area contributed by atoms with Crippen molar-refractivity contribution in [3.8, 4) is 11.5 Å². The number of carbonyl (C=O) groups excluding carboxylic acids is 2. The number of methoxy groups -OCH3 is 2. The van der Waals surface area contributed by atoms with Crippen LogP contribution in [-0.2, 0) is 10.0 Å². The number of carbonyl (C=O) groups is 2. The Bertz CT molecular complexity index is 1140. The van der Waals surface area contributed by atoms with Gasteiger partial charge in [-0.25, -0.2) is 8.42 Å². The fourth-order valence-corrected chi connectivity index (χ4v) is 5.71.